The van der Waals surface area contributed by atoms with E-state index in [9.17, 15) is 43.2 Å². The van der Waals surface area contributed by atoms with E-state index in [1.54, 1.807) is 27.7 Å². The monoisotopic (exact) mass is 1080 g/mol. The molecule has 0 fully saturated rings. The zero-order chi connectivity index (χ0) is 58.6. The van der Waals surface area contributed by atoms with E-state index < -0.39 is 101 Å². The normalized spacial score (nSPS) is 13.7. The molecule has 4 unspecified atom stereocenters. The quantitative estimate of drug-likeness (QED) is 0.0310. The number of aliphatic hydroxyl groups is 5. The van der Waals surface area contributed by atoms with Crippen LogP contribution in [0.1, 0.15) is 102 Å². The number of hydrogen-bond acceptors (Lipinski definition) is 25. The highest BCUT2D eigenvalue weighted by molar-refractivity contribution is 5.79. The van der Waals surface area contributed by atoms with Crippen molar-refractivity contribution in [2.75, 3.05) is 127 Å². The van der Waals surface area contributed by atoms with Crippen molar-refractivity contribution in [2.24, 2.45) is 27.1 Å². The summed E-state index contributed by atoms with van der Waals surface area (Å²) in [4.78, 5) is 99.3. The number of carbonyl (C=O) groups is 9. The van der Waals surface area contributed by atoms with Crippen LogP contribution < -0.4 is 0 Å². The van der Waals surface area contributed by atoms with Crippen molar-refractivity contribution in [1.82, 2.24) is 0 Å². The molecule has 0 amide bonds. The second-order valence-electron chi connectivity index (χ2n) is 17.6. The Hall–Kier alpha value is -5.09. The van der Waals surface area contributed by atoms with Crippen molar-refractivity contribution in [3.8, 4) is 0 Å². The molecule has 0 aromatic rings. The maximum absolute atomic E-state index is 11.9. The van der Waals surface area contributed by atoms with Gasteiger partial charge in [0.1, 0.15) is 53.5 Å². The molecule has 26 heteroatoms. The molecule has 0 rings (SSSR count). The highest BCUT2D eigenvalue weighted by Gasteiger charge is 2.39. The lowest BCUT2D eigenvalue weighted by atomic mass is 9.93. The average molecular weight is 1080 g/mol. The first-order chi connectivity index (χ1) is 34.4. The van der Waals surface area contributed by atoms with Crippen LogP contribution in [-0.2, 0) is 95.3 Å². The Labute approximate surface area is 434 Å². The summed E-state index contributed by atoms with van der Waals surface area (Å²) < 4.78 is 52.8. The number of esters is 8. The number of aliphatic carboxylic acids is 1. The minimum absolute atomic E-state index is 0.0439. The van der Waals surface area contributed by atoms with Crippen molar-refractivity contribution in [2.45, 2.75) is 102 Å². The minimum atomic E-state index is -1.23. The van der Waals surface area contributed by atoms with Crippen molar-refractivity contribution in [1.29, 1.82) is 0 Å². The molecule has 0 spiro atoms. The third kappa shape index (κ3) is 37.6. The molecule has 0 radical (unpaired) electrons. The molecular formula is C48H88O26. The molecule has 436 valence electrons. The molecule has 0 aromatic heterocycles. The van der Waals surface area contributed by atoms with Gasteiger partial charge >= 0.3 is 53.7 Å². The molecule has 0 heterocycles. The molecule has 0 aliphatic carbocycles. The summed E-state index contributed by atoms with van der Waals surface area (Å²) in [5.74, 6) is -5.07. The van der Waals surface area contributed by atoms with Crippen LogP contribution in [0, 0.1) is 27.1 Å². The zero-order valence-corrected chi connectivity index (χ0v) is 46.0. The zero-order valence-electron chi connectivity index (χ0n) is 46.0. The highest BCUT2D eigenvalue weighted by atomic mass is 16.6. The standard InChI is InChI=1S/C12H22O6.C11H20O6.2C9H16O5.C7H14O4/c1-10(14)18-9-12(2,8-16-3)11(15)17-7-5-4-6-13;1-9(14)17-8-11(2,7-13)10(15)16-6-4-3-5-12;2*1-4-13-8(12)9(3,5-10)6-14-7(2)11;1-7(4-10-2,5-11-3)6(8)9/h13H,4-9H2,1-3H3;12-13H,3-8H2,1-2H3;2*10H,4-6H2,1-3H3;4-5H2,1-3H3,(H,8,9). The molecular weight excluding hydrogens is 993 g/mol. The lowest BCUT2D eigenvalue weighted by molar-refractivity contribution is -0.167. The fourth-order valence-corrected chi connectivity index (χ4v) is 4.55. The number of hydrogen-bond donors (Lipinski definition) is 6. The fourth-order valence-electron chi connectivity index (χ4n) is 4.55. The summed E-state index contributed by atoms with van der Waals surface area (Å²) in [6.07, 6.45) is 2.28. The van der Waals surface area contributed by atoms with Crippen LogP contribution in [-0.4, -0.2) is 211 Å². The molecule has 0 aliphatic rings. The van der Waals surface area contributed by atoms with E-state index in [1.807, 2.05) is 0 Å². The van der Waals surface area contributed by atoms with Crippen molar-refractivity contribution in [3.05, 3.63) is 0 Å². The summed E-state index contributed by atoms with van der Waals surface area (Å²) in [6.45, 7) is 15.5. The van der Waals surface area contributed by atoms with Gasteiger partial charge in [-0.05, 0) is 74.1 Å². The second-order valence-corrected chi connectivity index (χ2v) is 17.6. The topological polar surface area (TPSA) is 377 Å². The number of aliphatic hydroxyl groups excluding tert-OH is 5. The van der Waals surface area contributed by atoms with Gasteiger partial charge in [-0.15, -0.1) is 0 Å². The molecule has 0 saturated carbocycles. The number of methoxy groups -OCH3 is 3. The van der Waals surface area contributed by atoms with Crippen molar-refractivity contribution >= 4 is 53.7 Å². The van der Waals surface area contributed by atoms with Gasteiger partial charge in [0.2, 0.25) is 0 Å². The van der Waals surface area contributed by atoms with E-state index in [0.29, 0.717) is 25.7 Å². The largest absolute Gasteiger partial charge is 0.481 e. The lowest BCUT2D eigenvalue weighted by Crippen LogP contribution is -2.39. The van der Waals surface area contributed by atoms with Gasteiger partial charge in [-0.1, -0.05) is 0 Å². The first kappa shape index (κ1) is 77.8. The van der Waals surface area contributed by atoms with Gasteiger partial charge in [-0.2, -0.15) is 0 Å². The molecule has 0 saturated heterocycles. The van der Waals surface area contributed by atoms with E-state index in [2.05, 4.69) is 9.47 Å². The Bertz CT molecular complexity index is 1550. The van der Waals surface area contributed by atoms with E-state index in [4.69, 9.17) is 73.3 Å². The van der Waals surface area contributed by atoms with Crippen LogP contribution >= 0.6 is 0 Å². The number of carboxylic acid groups (broad SMARTS) is 1. The van der Waals surface area contributed by atoms with E-state index in [-0.39, 0.29) is 85.9 Å². The highest BCUT2D eigenvalue weighted by Crippen LogP contribution is 2.22. The maximum Gasteiger partial charge on any atom is 0.317 e. The Morgan fingerprint density at radius 1 is 0.351 bits per heavy atom. The fraction of sp³-hybridized carbons (Fsp3) is 0.812. The third-order valence-electron chi connectivity index (χ3n) is 9.42. The Balaban J connectivity index is -0.000000271. The van der Waals surface area contributed by atoms with E-state index >= 15 is 0 Å². The van der Waals surface area contributed by atoms with Crippen LogP contribution in [0.5, 0.6) is 0 Å². The number of unbranched alkanes of at least 4 members (excludes halogenated alkanes) is 2. The van der Waals surface area contributed by atoms with Crippen LogP contribution in [0.2, 0.25) is 0 Å². The molecule has 0 aromatic carbocycles. The predicted octanol–water partition coefficient (Wildman–Crippen LogP) is 0.974. The van der Waals surface area contributed by atoms with Crippen LogP contribution in [0.3, 0.4) is 0 Å². The molecule has 0 bridgehead atoms. The summed E-state index contributed by atoms with van der Waals surface area (Å²) >= 11 is 0. The number of ether oxygens (including phenoxy) is 11. The van der Waals surface area contributed by atoms with Crippen LogP contribution in [0.15, 0.2) is 0 Å². The van der Waals surface area contributed by atoms with E-state index in [0.717, 1.165) is 0 Å². The van der Waals surface area contributed by atoms with Crippen LogP contribution in [0.4, 0.5) is 0 Å². The van der Waals surface area contributed by atoms with Crippen molar-refractivity contribution in [3.63, 3.8) is 0 Å². The number of rotatable bonds is 32. The molecule has 4 atom stereocenters. The summed E-state index contributed by atoms with van der Waals surface area (Å²) in [5, 5.41) is 53.0. The molecule has 6 N–H and O–H groups in total. The maximum atomic E-state index is 11.9. The first-order valence-corrected chi connectivity index (χ1v) is 23.4. The Morgan fingerprint density at radius 2 is 0.595 bits per heavy atom. The smallest absolute Gasteiger partial charge is 0.317 e. The average Bonchev–Trinajstić information content (AvgIpc) is 3.34. The van der Waals surface area contributed by atoms with Gasteiger partial charge in [0, 0.05) is 62.2 Å². The number of carbonyl (C=O) groups excluding carboxylic acids is 8. The Kier molecular flexibility index (Phi) is 46.5. The molecule has 0 aliphatic heterocycles. The summed E-state index contributed by atoms with van der Waals surface area (Å²) in [5.41, 5.74) is -5.49. The number of carboxylic acids is 1. The van der Waals surface area contributed by atoms with Gasteiger partial charge < -0.3 is 82.7 Å². The van der Waals surface area contributed by atoms with Gasteiger partial charge in [-0.25, -0.2) is 0 Å². The van der Waals surface area contributed by atoms with Gasteiger partial charge in [0.25, 0.3) is 0 Å². The van der Waals surface area contributed by atoms with Gasteiger partial charge in [0.05, 0.1) is 66.1 Å². The lowest BCUT2D eigenvalue weighted by Gasteiger charge is -2.25. The van der Waals surface area contributed by atoms with E-state index in [1.165, 1.54) is 69.8 Å². The third-order valence-corrected chi connectivity index (χ3v) is 9.42. The summed E-state index contributed by atoms with van der Waals surface area (Å²) in [6, 6.07) is 0. The van der Waals surface area contributed by atoms with Crippen molar-refractivity contribution < 1.29 is 126 Å². The van der Waals surface area contributed by atoms with Gasteiger partial charge in [-0.3, -0.25) is 43.2 Å². The minimum Gasteiger partial charge on any atom is -0.481 e. The van der Waals surface area contributed by atoms with Gasteiger partial charge in [0.15, 0.2) is 0 Å². The second kappa shape index (κ2) is 44.2. The summed E-state index contributed by atoms with van der Waals surface area (Å²) in [7, 11) is 4.40. The first-order valence-electron chi connectivity index (χ1n) is 23.4. The Morgan fingerprint density at radius 3 is 0.811 bits per heavy atom. The SMILES string of the molecule is CC(=O)OCC(C)(CO)C(=O)OCCCCO.CCOC(=O)C(C)(CO)COC(C)=O.CCOC(=O)C(C)(CO)COC(C)=O.COCC(C)(COC(C)=O)C(=O)OCCCCO.COCC(C)(COC)C(=O)O. The molecule has 74 heavy (non-hydrogen) atoms. The van der Waals surface area contributed by atoms with Crippen LogP contribution in [0.25, 0.3) is 0 Å². The predicted molar refractivity (Wildman–Crippen MR) is 259 cm³/mol. The molecule has 26 nitrogen and oxygen atoms in total.